The normalized spacial score (nSPS) is 12.7. The van der Waals surface area contributed by atoms with Crippen molar-refractivity contribution in [2.45, 2.75) is 13.0 Å². The molecule has 28 heavy (non-hydrogen) atoms. The Morgan fingerprint density at radius 3 is 2.86 bits per heavy atom. The minimum Gasteiger partial charge on any atom is -0.482 e. The summed E-state index contributed by atoms with van der Waals surface area (Å²) in [7, 11) is 1.32. The van der Waals surface area contributed by atoms with E-state index in [0.29, 0.717) is 45.9 Å². The predicted molar refractivity (Wildman–Crippen MR) is 106 cm³/mol. The largest absolute Gasteiger partial charge is 0.482 e. The van der Waals surface area contributed by atoms with Gasteiger partial charge in [-0.15, -0.1) is 11.3 Å². The van der Waals surface area contributed by atoms with Crippen molar-refractivity contribution in [1.82, 2.24) is 4.90 Å². The van der Waals surface area contributed by atoms with Gasteiger partial charge >= 0.3 is 6.09 Å². The minimum atomic E-state index is -0.425. The van der Waals surface area contributed by atoms with Crippen LogP contribution in [0.15, 0.2) is 18.2 Å². The number of methoxy groups -OCH3 is 1. The van der Waals surface area contributed by atoms with Crippen LogP contribution in [0.2, 0.25) is 10.0 Å². The van der Waals surface area contributed by atoms with E-state index in [1.807, 2.05) is 0 Å². The van der Waals surface area contributed by atoms with Crippen molar-refractivity contribution in [2.75, 3.05) is 25.6 Å². The first-order valence-electron chi connectivity index (χ1n) is 8.18. The Balaban J connectivity index is 1.69. The Morgan fingerprint density at radius 2 is 2.18 bits per heavy atom. The summed E-state index contributed by atoms with van der Waals surface area (Å²) >= 11 is 13.1. The topological polar surface area (TPSA) is 91.7 Å². The van der Waals surface area contributed by atoms with Crippen molar-refractivity contribution < 1.29 is 19.1 Å². The number of fused-ring (bicyclic) bond motifs is 1. The highest BCUT2D eigenvalue weighted by Gasteiger charge is 2.28. The van der Waals surface area contributed by atoms with Gasteiger partial charge in [-0.3, -0.25) is 4.79 Å². The molecule has 3 rings (SSSR count). The zero-order valence-corrected chi connectivity index (χ0v) is 17.1. The number of hydrogen-bond acceptors (Lipinski definition) is 6. The number of ether oxygens (including phenoxy) is 2. The Hall–Kier alpha value is -2.47. The van der Waals surface area contributed by atoms with Crippen LogP contribution < -0.4 is 10.1 Å². The van der Waals surface area contributed by atoms with Crippen LogP contribution in [0.25, 0.3) is 0 Å². The van der Waals surface area contributed by atoms with E-state index in [9.17, 15) is 14.9 Å². The lowest BCUT2D eigenvalue weighted by molar-refractivity contribution is -0.118. The van der Waals surface area contributed by atoms with Gasteiger partial charge in [0.05, 0.1) is 24.2 Å². The van der Waals surface area contributed by atoms with Gasteiger partial charge in [0, 0.05) is 16.4 Å². The van der Waals surface area contributed by atoms with E-state index in [1.54, 1.807) is 17.0 Å². The third-order valence-corrected chi connectivity index (χ3v) is 5.77. The number of carbonyl (C=O) groups excluding carboxylic acids is 2. The first-order chi connectivity index (χ1) is 13.4. The van der Waals surface area contributed by atoms with Gasteiger partial charge in [0.2, 0.25) is 0 Å². The monoisotopic (exact) mass is 439 g/mol. The summed E-state index contributed by atoms with van der Waals surface area (Å²) in [5, 5.41) is 13.4. The molecular weight excluding hydrogens is 425 g/mol. The number of nitrogens with zero attached hydrogens (tertiary/aromatic N) is 2. The second-order valence-corrected chi connectivity index (χ2v) is 7.82. The van der Waals surface area contributed by atoms with E-state index in [0.717, 1.165) is 10.4 Å². The average Bonchev–Trinajstić information content (AvgIpc) is 3.02. The van der Waals surface area contributed by atoms with Crippen LogP contribution in [0.5, 0.6) is 5.75 Å². The van der Waals surface area contributed by atoms with Crippen molar-refractivity contribution in [2.24, 2.45) is 0 Å². The SMILES string of the molecule is COC(=O)N1CCc2c(sc(NC(=O)COc3ccc(Cl)cc3Cl)c2C#N)C1. The molecule has 0 spiro atoms. The summed E-state index contributed by atoms with van der Waals surface area (Å²) in [5.41, 5.74) is 1.27. The lowest BCUT2D eigenvalue weighted by atomic mass is 10.0. The molecule has 0 saturated heterocycles. The van der Waals surface area contributed by atoms with E-state index in [1.165, 1.54) is 24.5 Å². The quantitative estimate of drug-likeness (QED) is 0.774. The minimum absolute atomic E-state index is 0.275. The molecule has 2 aromatic rings. The van der Waals surface area contributed by atoms with Crippen molar-refractivity contribution in [3.8, 4) is 11.8 Å². The first-order valence-corrected chi connectivity index (χ1v) is 9.75. The van der Waals surface area contributed by atoms with Crippen molar-refractivity contribution in [3.63, 3.8) is 0 Å². The van der Waals surface area contributed by atoms with E-state index in [4.69, 9.17) is 32.7 Å². The highest BCUT2D eigenvalue weighted by Crippen LogP contribution is 2.36. The van der Waals surface area contributed by atoms with Crippen LogP contribution >= 0.6 is 34.5 Å². The highest BCUT2D eigenvalue weighted by molar-refractivity contribution is 7.16. The van der Waals surface area contributed by atoms with Crippen LogP contribution in [0, 0.1) is 11.3 Å². The second kappa shape index (κ2) is 8.69. The Bertz CT molecular complexity index is 970. The zero-order valence-electron chi connectivity index (χ0n) is 14.8. The molecule has 146 valence electrons. The molecule has 10 heteroatoms. The zero-order chi connectivity index (χ0) is 20.3. The van der Waals surface area contributed by atoms with Gasteiger partial charge < -0.3 is 19.7 Å². The predicted octanol–water partition coefficient (Wildman–Crippen LogP) is 4.07. The molecule has 1 N–H and O–H groups in total. The van der Waals surface area contributed by atoms with Crippen molar-refractivity contribution in [3.05, 3.63) is 44.2 Å². The molecular formula is C18H15Cl2N3O4S. The molecule has 7 nitrogen and oxygen atoms in total. The highest BCUT2D eigenvalue weighted by atomic mass is 35.5. The lowest BCUT2D eigenvalue weighted by Crippen LogP contribution is -2.35. The van der Waals surface area contributed by atoms with Gasteiger partial charge in [0.1, 0.15) is 16.8 Å². The van der Waals surface area contributed by atoms with Crippen molar-refractivity contribution in [1.29, 1.82) is 5.26 Å². The molecule has 0 fully saturated rings. The number of nitrogens with one attached hydrogen (secondary N) is 1. The molecule has 0 radical (unpaired) electrons. The average molecular weight is 440 g/mol. The van der Waals surface area contributed by atoms with Crippen LogP contribution in [0.3, 0.4) is 0 Å². The molecule has 1 aromatic carbocycles. The second-order valence-electron chi connectivity index (χ2n) is 5.87. The fourth-order valence-corrected chi connectivity index (χ4v) is 4.49. The Kier molecular flexibility index (Phi) is 6.29. The molecule has 0 bridgehead atoms. The molecule has 0 unspecified atom stereocenters. The molecule has 1 aromatic heterocycles. The van der Waals surface area contributed by atoms with Crippen LogP contribution in [-0.2, 0) is 22.5 Å². The van der Waals surface area contributed by atoms with Crippen molar-refractivity contribution >= 4 is 51.5 Å². The molecule has 0 aliphatic carbocycles. The number of benzene rings is 1. The van der Waals surface area contributed by atoms with Gasteiger partial charge in [0.25, 0.3) is 5.91 Å². The molecule has 0 atom stereocenters. The summed E-state index contributed by atoms with van der Waals surface area (Å²) in [6.45, 7) is 0.522. The maximum Gasteiger partial charge on any atom is 0.409 e. The van der Waals surface area contributed by atoms with Crippen LogP contribution in [0.1, 0.15) is 16.0 Å². The maximum atomic E-state index is 12.3. The molecule has 0 saturated carbocycles. The number of halogens is 2. The van der Waals surface area contributed by atoms with Gasteiger partial charge in [-0.05, 0) is 30.2 Å². The van der Waals surface area contributed by atoms with E-state index in [-0.39, 0.29) is 6.61 Å². The third kappa shape index (κ3) is 4.33. The summed E-state index contributed by atoms with van der Waals surface area (Å²) in [6, 6.07) is 6.84. The van der Waals surface area contributed by atoms with Crippen LogP contribution in [-0.4, -0.2) is 37.2 Å². The van der Waals surface area contributed by atoms with Gasteiger partial charge in [0.15, 0.2) is 6.61 Å². The smallest absolute Gasteiger partial charge is 0.409 e. The summed E-state index contributed by atoms with van der Waals surface area (Å²) in [5.74, 6) is -0.0909. The van der Waals surface area contributed by atoms with E-state index >= 15 is 0 Å². The molecule has 1 aliphatic rings. The number of hydrogen-bond donors (Lipinski definition) is 1. The Labute approximate surface area is 175 Å². The number of amides is 2. The lowest BCUT2D eigenvalue weighted by Gasteiger charge is -2.25. The van der Waals surface area contributed by atoms with Gasteiger partial charge in [-0.25, -0.2) is 4.79 Å². The molecule has 2 amide bonds. The summed E-state index contributed by atoms with van der Waals surface area (Å²) in [6.07, 6.45) is 0.104. The number of carbonyl (C=O) groups is 2. The first kappa shape index (κ1) is 20.3. The van der Waals surface area contributed by atoms with Crippen LogP contribution in [0.4, 0.5) is 9.80 Å². The number of rotatable bonds is 4. The third-order valence-electron chi connectivity index (χ3n) is 4.11. The Morgan fingerprint density at radius 1 is 1.39 bits per heavy atom. The fourth-order valence-electron chi connectivity index (χ4n) is 2.79. The molecule has 2 heterocycles. The summed E-state index contributed by atoms with van der Waals surface area (Å²) in [4.78, 5) is 26.4. The fraction of sp³-hybridized carbons (Fsp3) is 0.278. The van der Waals surface area contributed by atoms with Gasteiger partial charge in [-0.2, -0.15) is 5.26 Å². The standard InChI is InChI=1S/C18H15Cl2N3O4S/c1-26-18(25)23-5-4-11-12(7-21)17(28-15(11)8-23)22-16(24)9-27-14-3-2-10(19)6-13(14)20/h2-3,6H,4-5,8-9H2,1H3,(H,22,24). The maximum absolute atomic E-state index is 12.3. The van der Waals surface area contributed by atoms with Gasteiger partial charge in [-0.1, -0.05) is 23.2 Å². The number of anilines is 1. The summed E-state index contributed by atoms with van der Waals surface area (Å²) < 4.78 is 10.2. The molecule has 1 aliphatic heterocycles. The van der Waals surface area contributed by atoms with E-state index in [2.05, 4.69) is 11.4 Å². The number of thiophene rings is 1. The van der Waals surface area contributed by atoms with E-state index < -0.39 is 12.0 Å². The number of nitriles is 1.